The molecule has 1 aliphatic rings. The van der Waals surface area contributed by atoms with E-state index in [1.807, 2.05) is 13.8 Å². The van der Waals surface area contributed by atoms with Gasteiger partial charge in [-0.15, -0.1) is 0 Å². The van der Waals surface area contributed by atoms with Gasteiger partial charge in [-0.2, -0.15) is 5.26 Å². The zero-order valence-electron chi connectivity index (χ0n) is 6.31. The van der Waals surface area contributed by atoms with Crippen LogP contribution in [0.4, 0.5) is 0 Å². The van der Waals surface area contributed by atoms with E-state index in [1.165, 1.54) is 0 Å². The van der Waals surface area contributed by atoms with Crippen LogP contribution in [0.3, 0.4) is 0 Å². The van der Waals surface area contributed by atoms with Crippen molar-refractivity contribution in [2.75, 3.05) is 13.1 Å². The fourth-order valence-electron chi connectivity index (χ4n) is 0.869. The summed E-state index contributed by atoms with van der Waals surface area (Å²) in [5, 5.41) is 11.8. The number of nitriles is 1. The monoisotopic (exact) mass is 137 g/mol. The second kappa shape index (κ2) is 2.30. The molecular weight excluding hydrogens is 126 g/mol. The van der Waals surface area contributed by atoms with Crippen LogP contribution in [0.2, 0.25) is 0 Å². The summed E-state index contributed by atoms with van der Waals surface area (Å²) >= 11 is 0. The first-order chi connectivity index (χ1) is 4.67. The number of rotatable bonds is 1. The van der Waals surface area contributed by atoms with E-state index in [1.54, 1.807) is 0 Å². The zero-order valence-corrected chi connectivity index (χ0v) is 6.31. The largest absolute Gasteiger partial charge is 0.371 e. The topological polar surface area (TPSA) is 48.2 Å². The molecule has 1 N–H and O–H groups in total. The summed E-state index contributed by atoms with van der Waals surface area (Å²) in [6, 6.07) is 2.19. The van der Waals surface area contributed by atoms with Crippen molar-refractivity contribution in [2.24, 2.45) is 10.4 Å². The molecule has 54 valence electrons. The van der Waals surface area contributed by atoms with Crippen molar-refractivity contribution < 1.29 is 0 Å². The molecule has 0 fully saturated rings. The van der Waals surface area contributed by atoms with Gasteiger partial charge in [0.15, 0.2) is 0 Å². The smallest absolute Gasteiger partial charge is 0.116 e. The van der Waals surface area contributed by atoms with E-state index in [-0.39, 0.29) is 0 Å². The van der Waals surface area contributed by atoms with Crippen molar-refractivity contribution in [3.8, 4) is 6.07 Å². The number of amidine groups is 1. The molecule has 0 aromatic rings. The molecule has 0 amide bonds. The summed E-state index contributed by atoms with van der Waals surface area (Å²) < 4.78 is 0. The van der Waals surface area contributed by atoms with Gasteiger partial charge in [0, 0.05) is 6.54 Å². The maximum Gasteiger partial charge on any atom is 0.116 e. The Morgan fingerprint density at radius 2 is 2.40 bits per heavy atom. The normalized spacial score (nSPS) is 17.5. The lowest BCUT2D eigenvalue weighted by Crippen LogP contribution is -2.32. The first-order valence-electron chi connectivity index (χ1n) is 3.37. The molecule has 10 heavy (non-hydrogen) atoms. The van der Waals surface area contributed by atoms with Crippen LogP contribution >= 0.6 is 0 Å². The highest BCUT2D eigenvalue weighted by Gasteiger charge is 2.26. The van der Waals surface area contributed by atoms with Crippen molar-refractivity contribution in [3.63, 3.8) is 0 Å². The fraction of sp³-hybridized carbons (Fsp3) is 0.714. The van der Waals surface area contributed by atoms with Crippen molar-refractivity contribution >= 4 is 5.84 Å². The third-order valence-electron chi connectivity index (χ3n) is 1.55. The Kier molecular flexibility index (Phi) is 1.62. The molecule has 1 heterocycles. The quantitative estimate of drug-likeness (QED) is 0.573. The lowest BCUT2D eigenvalue weighted by atomic mass is 9.94. The van der Waals surface area contributed by atoms with E-state index >= 15 is 0 Å². The maximum atomic E-state index is 8.68. The van der Waals surface area contributed by atoms with Crippen molar-refractivity contribution in [1.82, 2.24) is 5.32 Å². The van der Waals surface area contributed by atoms with Crippen LogP contribution in [0.1, 0.15) is 13.8 Å². The number of nitrogens with zero attached hydrogens (tertiary/aromatic N) is 2. The Labute approximate surface area is 60.8 Å². The van der Waals surface area contributed by atoms with Gasteiger partial charge in [-0.05, 0) is 13.8 Å². The Hall–Kier alpha value is -1.04. The second-order valence-electron chi connectivity index (χ2n) is 2.89. The summed E-state index contributed by atoms with van der Waals surface area (Å²) in [6.45, 7) is 5.41. The Morgan fingerprint density at radius 1 is 1.70 bits per heavy atom. The second-order valence-corrected chi connectivity index (χ2v) is 2.89. The van der Waals surface area contributed by atoms with Crippen LogP contribution < -0.4 is 5.32 Å². The molecule has 3 nitrogen and oxygen atoms in total. The number of nitrogens with one attached hydrogen (secondary N) is 1. The molecule has 0 unspecified atom stereocenters. The molecular formula is C7H11N3. The lowest BCUT2D eigenvalue weighted by Gasteiger charge is -2.14. The van der Waals surface area contributed by atoms with Crippen molar-refractivity contribution in [1.29, 1.82) is 5.26 Å². The minimum absolute atomic E-state index is 0.434. The van der Waals surface area contributed by atoms with Gasteiger partial charge < -0.3 is 5.32 Å². The van der Waals surface area contributed by atoms with E-state index in [4.69, 9.17) is 5.26 Å². The molecule has 1 aliphatic heterocycles. The summed E-state index contributed by atoms with van der Waals surface area (Å²) in [6.07, 6.45) is 0. The summed E-state index contributed by atoms with van der Waals surface area (Å²) in [7, 11) is 0. The van der Waals surface area contributed by atoms with Crippen LogP contribution in [0, 0.1) is 16.7 Å². The SMILES string of the molecule is CC(C)(C#N)C1=NCCN1. The third kappa shape index (κ3) is 1.10. The highest BCUT2D eigenvalue weighted by molar-refractivity contribution is 5.90. The van der Waals surface area contributed by atoms with Crippen molar-refractivity contribution in [3.05, 3.63) is 0 Å². The standard InChI is InChI=1S/C7H11N3/c1-7(2,5-8)6-9-3-4-10-6/h3-4H2,1-2H3,(H,9,10). The molecule has 1 rings (SSSR count). The maximum absolute atomic E-state index is 8.68. The van der Waals surface area contributed by atoms with E-state index in [0.717, 1.165) is 18.9 Å². The zero-order chi connectivity index (χ0) is 7.61. The highest BCUT2D eigenvalue weighted by atomic mass is 15.1. The average Bonchev–Trinajstić information content (AvgIpc) is 2.38. The fourth-order valence-corrected chi connectivity index (χ4v) is 0.869. The molecule has 0 spiro atoms. The summed E-state index contributed by atoms with van der Waals surface area (Å²) in [5.41, 5.74) is -0.434. The Balaban J connectivity index is 2.74. The van der Waals surface area contributed by atoms with E-state index in [2.05, 4.69) is 16.4 Å². The third-order valence-corrected chi connectivity index (χ3v) is 1.55. The Bertz CT molecular complexity index is 197. The van der Waals surface area contributed by atoms with Crippen LogP contribution in [-0.2, 0) is 0 Å². The molecule has 0 bridgehead atoms. The molecule has 0 aliphatic carbocycles. The number of hydrogen-bond acceptors (Lipinski definition) is 3. The van der Waals surface area contributed by atoms with Gasteiger partial charge in [-0.3, -0.25) is 4.99 Å². The minimum Gasteiger partial charge on any atom is -0.371 e. The first-order valence-corrected chi connectivity index (χ1v) is 3.37. The average molecular weight is 137 g/mol. The van der Waals surface area contributed by atoms with Gasteiger partial charge in [-0.1, -0.05) is 0 Å². The molecule has 0 radical (unpaired) electrons. The predicted molar refractivity (Wildman–Crippen MR) is 39.7 cm³/mol. The molecule has 0 saturated carbocycles. The molecule has 0 saturated heterocycles. The van der Waals surface area contributed by atoms with Gasteiger partial charge in [0.05, 0.1) is 12.6 Å². The number of hydrogen-bond donors (Lipinski definition) is 1. The Morgan fingerprint density at radius 3 is 2.80 bits per heavy atom. The van der Waals surface area contributed by atoms with Gasteiger partial charge in [0.2, 0.25) is 0 Å². The summed E-state index contributed by atoms with van der Waals surface area (Å²) in [5.74, 6) is 0.829. The highest BCUT2D eigenvalue weighted by Crippen LogP contribution is 2.15. The predicted octanol–water partition coefficient (Wildman–Crippen LogP) is 0.538. The van der Waals surface area contributed by atoms with Gasteiger partial charge in [0.1, 0.15) is 11.3 Å². The van der Waals surface area contributed by atoms with E-state index < -0.39 is 5.41 Å². The van der Waals surface area contributed by atoms with E-state index in [0.29, 0.717) is 0 Å². The van der Waals surface area contributed by atoms with Crippen LogP contribution in [0.5, 0.6) is 0 Å². The van der Waals surface area contributed by atoms with Crippen molar-refractivity contribution in [2.45, 2.75) is 13.8 Å². The first kappa shape index (κ1) is 7.07. The lowest BCUT2D eigenvalue weighted by molar-refractivity contribution is 0.672. The van der Waals surface area contributed by atoms with Crippen LogP contribution in [-0.4, -0.2) is 18.9 Å². The summed E-state index contributed by atoms with van der Waals surface area (Å²) in [4.78, 5) is 4.16. The van der Waals surface area contributed by atoms with Gasteiger partial charge in [0.25, 0.3) is 0 Å². The van der Waals surface area contributed by atoms with Gasteiger partial charge >= 0.3 is 0 Å². The van der Waals surface area contributed by atoms with Crippen LogP contribution in [0.15, 0.2) is 4.99 Å². The molecule has 3 heteroatoms. The van der Waals surface area contributed by atoms with E-state index in [9.17, 15) is 0 Å². The molecule has 0 aromatic heterocycles. The number of aliphatic imine (C=N–C) groups is 1. The minimum atomic E-state index is -0.434. The van der Waals surface area contributed by atoms with Gasteiger partial charge in [-0.25, -0.2) is 0 Å². The molecule has 0 atom stereocenters. The van der Waals surface area contributed by atoms with Crippen LogP contribution in [0.25, 0.3) is 0 Å². The molecule has 0 aromatic carbocycles.